The molecule has 6 rings (SSSR count). The molecule has 3 aromatic rings. The van der Waals surface area contributed by atoms with Crippen molar-refractivity contribution in [1.82, 2.24) is 19.1 Å². The van der Waals surface area contributed by atoms with Crippen molar-refractivity contribution >= 4 is 28.5 Å². The first-order valence-electron chi connectivity index (χ1n) is 11.0. The number of hydrogen-bond acceptors (Lipinski definition) is 6. The van der Waals surface area contributed by atoms with Gasteiger partial charge in [0.05, 0.1) is 17.5 Å². The summed E-state index contributed by atoms with van der Waals surface area (Å²) in [5, 5.41) is 1.34. The molecule has 2 aliphatic carbocycles. The molecule has 168 valence electrons. The van der Waals surface area contributed by atoms with Crippen LogP contribution in [0.25, 0.3) is 11.0 Å². The lowest BCUT2D eigenvalue weighted by atomic mass is 9.59. The van der Waals surface area contributed by atoms with Gasteiger partial charge in [-0.25, -0.2) is 9.97 Å². The van der Waals surface area contributed by atoms with Crippen LogP contribution >= 0.6 is 11.6 Å². The molecule has 1 saturated heterocycles. The zero-order chi connectivity index (χ0) is 22.3. The van der Waals surface area contributed by atoms with E-state index in [0.29, 0.717) is 23.4 Å². The highest BCUT2D eigenvalue weighted by Gasteiger charge is 2.65. The Bertz CT molecular complexity index is 1260. The third-order valence-electron chi connectivity index (χ3n) is 7.45. The Balaban J connectivity index is 1.30. The maximum absolute atomic E-state index is 12.3. The molecule has 3 aromatic heterocycles. The van der Waals surface area contributed by atoms with Gasteiger partial charge in [0.2, 0.25) is 0 Å². The molecule has 3 aliphatic rings. The van der Waals surface area contributed by atoms with Crippen molar-refractivity contribution in [3.63, 3.8) is 0 Å². The maximum atomic E-state index is 12.3. The summed E-state index contributed by atoms with van der Waals surface area (Å²) >= 11 is 6.28. The van der Waals surface area contributed by atoms with E-state index in [1.165, 1.54) is 6.33 Å². The van der Waals surface area contributed by atoms with Gasteiger partial charge >= 0.3 is 0 Å². The molecule has 9 heteroatoms. The summed E-state index contributed by atoms with van der Waals surface area (Å²) in [7, 11) is 0. The number of rotatable bonds is 3. The summed E-state index contributed by atoms with van der Waals surface area (Å²) in [5.41, 5.74) is 6.84. The van der Waals surface area contributed by atoms with E-state index in [9.17, 15) is 4.79 Å². The molecule has 1 spiro atoms. The van der Waals surface area contributed by atoms with Gasteiger partial charge in [-0.1, -0.05) is 17.7 Å². The molecule has 0 amide bonds. The van der Waals surface area contributed by atoms with Gasteiger partial charge < -0.3 is 19.8 Å². The van der Waals surface area contributed by atoms with Gasteiger partial charge in [-0.2, -0.15) is 0 Å². The first-order chi connectivity index (χ1) is 15.3. The van der Waals surface area contributed by atoms with E-state index >= 15 is 0 Å². The summed E-state index contributed by atoms with van der Waals surface area (Å²) in [6, 6.07) is 7.08. The first kappa shape index (κ1) is 20.2. The summed E-state index contributed by atoms with van der Waals surface area (Å²) in [6.07, 6.45) is 6.34. The highest BCUT2D eigenvalue weighted by atomic mass is 35.5. The second kappa shape index (κ2) is 6.79. The standard InChI is InChI=1S/C23H26ClN5O3/c1-22(2)31-18-15(28-7-6-14-20(25)26-12-27-21(14)28)10-23(19(18)32-22)8-13(9-23)11-29-16(24)4-3-5-17(29)30/h3-7,12-13,15,18-19H,8-11H2,1-2H3,(H2,25,26,27)/t13?,15-,18+,19+,23?/m1/s1. The lowest BCUT2D eigenvalue weighted by Crippen LogP contribution is -2.47. The minimum Gasteiger partial charge on any atom is -0.383 e. The van der Waals surface area contributed by atoms with Gasteiger partial charge in [0, 0.05) is 24.2 Å². The van der Waals surface area contributed by atoms with Gasteiger partial charge in [0.15, 0.2) is 5.79 Å². The Morgan fingerprint density at radius 3 is 2.78 bits per heavy atom. The van der Waals surface area contributed by atoms with Crippen molar-refractivity contribution in [3.05, 3.63) is 52.3 Å². The summed E-state index contributed by atoms with van der Waals surface area (Å²) in [5.74, 6) is 0.220. The number of nitrogens with zero attached hydrogens (tertiary/aromatic N) is 4. The second-order valence-electron chi connectivity index (χ2n) is 9.95. The van der Waals surface area contributed by atoms with Gasteiger partial charge in [-0.3, -0.25) is 9.36 Å². The molecule has 1 aliphatic heterocycles. The fourth-order valence-electron chi connectivity index (χ4n) is 6.26. The van der Waals surface area contributed by atoms with Crippen LogP contribution in [0, 0.1) is 11.3 Å². The van der Waals surface area contributed by atoms with Crippen LogP contribution in [0.5, 0.6) is 0 Å². The highest BCUT2D eigenvalue weighted by Crippen LogP contribution is 2.64. The summed E-state index contributed by atoms with van der Waals surface area (Å²) < 4.78 is 16.7. The van der Waals surface area contributed by atoms with Gasteiger partial charge in [0.25, 0.3) is 5.56 Å². The van der Waals surface area contributed by atoms with Crippen LogP contribution in [-0.4, -0.2) is 37.1 Å². The molecule has 4 heterocycles. The van der Waals surface area contributed by atoms with E-state index < -0.39 is 5.79 Å². The number of halogens is 1. The number of fused-ring (bicyclic) bond motifs is 3. The first-order valence-corrected chi connectivity index (χ1v) is 11.4. The van der Waals surface area contributed by atoms with Crippen molar-refractivity contribution in [3.8, 4) is 0 Å². The second-order valence-corrected chi connectivity index (χ2v) is 10.3. The van der Waals surface area contributed by atoms with Crippen LogP contribution in [0.4, 0.5) is 5.82 Å². The van der Waals surface area contributed by atoms with E-state index in [-0.39, 0.29) is 29.2 Å². The van der Waals surface area contributed by atoms with Crippen LogP contribution in [0.15, 0.2) is 41.6 Å². The van der Waals surface area contributed by atoms with Crippen LogP contribution in [0.3, 0.4) is 0 Å². The molecule has 8 nitrogen and oxygen atoms in total. The number of pyridine rings is 1. The Kier molecular flexibility index (Phi) is 4.29. The average Bonchev–Trinajstić information content (AvgIpc) is 3.35. The molecular formula is C23H26ClN5O3. The normalized spacial score (nSPS) is 33.0. The topological polar surface area (TPSA) is 97.2 Å². The van der Waals surface area contributed by atoms with Crippen LogP contribution < -0.4 is 11.3 Å². The van der Waals surface area contributed by atoms with Crippen LogP contribution in [0.1, 0.15) is 39.2 Å². The quantitative estimate of drug-likeness (QED) is 0.608. The van der Waals surface area contributed by atoms with Crippen molar-refractivity contribution in [2.45, 2.75) is 63.7 Å². The molecule has 0 unspecified atom stereocenters. The molecule has 32 heavy (non-hydrogen) atoms. The van der Waals surface area contributed by atoms with E-state index in [4.69, 9.17) is 26.8 Å². The summed E-state index contributed by atoms with van der Waals surface area (Å²) in [4.78, 5) is 20.9. The zero-order valence-corrected chi connectivity index (χ0v) is 18.8. The predicted molar refractivity (Wildman–Crippen MR) is 120 cm³/mol. The zero-order valence-electron chi connectivity index (χ0n) is 18.1. The minimum atomic E-state index is -0.636. The lowest BCUT2D eigenvalue weighted by Gasteiger charge is -2.49. The average molecular weight is 456 g/mol. The molecule has 0 bridgehead atoms. The van der Waals surface area contributed by atoms with Crippen molar-refractivity contribution in [2.75, 3.05) is 5.73 Å². The fraction of sp³-hybridized carbons (Fsp3) is 0.522. The molecule has 2 N–H and O–H groups in total. The van der Waals surface area contributed by atoms with Crippen molar-refractivity contribution in [2.24, 2.45) is 11.3 Å². The number of ether oxygens (including phenoxy) is 2. The van der Waals surface area contributed by atoms with Gasteiger partial charge in [-0.05, 0) is 51.2 Å². The number of nitrogens with two attached hydrogens (primary N) is 1. The van der Waals surface area contributed by atoms with Crippen LogP contribution in [-0.2, 0) is 16.0 Å². The summed E-state index contributed by atoms with van der Waals surface area (Å²) in [6.45, 7) is 4.58. The van der Waals surface area contributed by atoms with E-state index in [1.54, 1.807) is 22.8 Å². The van der Waals surface area contributed by atoms with E-state index in [1.807, 2.05) is 26.1 Å². The van der Waals surface area contributed by atoms with E-state index in [0.717, 1.165) is 30.3 Å². The molecule has 3 fully saturated rings. The largest absolute Gasteiger partial charge is 0.383 e. The van der Waals surface area contributed by atoms with Gasteiger partial charge in [0.1, 0.15) is 29.0 Å². The smallest absolute Gasteiger partial charge is 0.251 e. The third-order valence-corrected chi connectivity index (χ3v) is 7.78. The number of aromatic nitrogens is 4. The van der Waals surface area contributed by atoms with Gasteiger partial charge in [-0.15, -0.1) is 0 Å². The molecule has 2 saturated carbocycles. The Morgan fingerprint density at radius 1 is 1.19 bits per heavy atom. The SMILES string of the molecule is CC1(C)O[C@H]2[C@H](n3ccc4c(N)ncnc43)CC3(CC(Cn4c(Cl)cccc4=O)C3)[C@H]2O1. The lowest BCUT2D eigenvalue weighted by molar-refractivity contribution is -0.182. The van der Waals surface area contributed by atoms with E-state index in [2.05, 4.69) is 14.5 Å². The molecule has 0 aromatic carbocycles. The molecular weight excluding hydrogens is 430 g/mol. The Labute approximate surface area is 190 Å². The Hall–Kier alpha value is -2.42. The van der Waals surface area contributed by atoms with Crippen LogP contribution in [0.2, 0.25) is 5.15 Å². The highest BCUT2D eigenvalue weighted by molar-refractivity contribution is 6.29. The number of hydrogen-bond donors (Lipinski definition) is 1. The molecule has 3 atom stereocenters. The number of anilines is 1. The Morgan fingerprint density at radius 2 is 2.00 bits per heavy atom. The van der Waals surface area contributed by atoms with Crippen molar-refractivity contribution in [1.29, 1.82) is 0 Å². The minimum absolute atomic E-state index is 0.00153. The molecule has 0 radical (unpaired) electrons. The predicted octanol–water partition coefficient (Wildman–Crippen LogP) is 3.39. The fourth-order valence-corrected chi connectivity index (χ4v) is 6.48. The number of nitrogen functional groups attached to an aromatic ring is 1. The third kappa shape index (κ3) is 2.93. The van der Waals surface area contributed by atoms with Crippen molar-refractivity contribution < 1.29 is 9.47 Å². The maximum Gasteiger partial charge on any atom is 0.251 e. The monoisotopic (exact) mass is 455 g/mol.